The third-order valence-corrected chi connectivity index (χ3v) is 12.2. The molecule has 6 nitrogen and oxygen atoms in total. The van der Waals surface area contributed by atoms with Crippen LogP contribution in [-0.4, -0.2) is 47.4 Å². The molecule has 0 radical (unpaired) electrons. The molecule has 0 saturated heterocycles. The van der Waals surface area contributed by atoms with E-state index in [1.165, 1.54) is 186 Å². The van der Waals surface area contributed by atoms with Gasteiger partial charge in [-0.1, -0.05) is 244 Å². The maximum absolute atomic E-state index is 12.4. The highest BCUT2D eigenvalue weighted by molar-refractivity contribution is 5.76. The van der Waals surface area contributed by atoms with Gasteiger partial charge in [0.05, 0.1) is 25.4 Å². The molecule has 3 N–H and O–H groups in total. The van der Waals surface area contributed by atoms with Crippen molar-refractivity contribution in [1.82, 2.24) is 5.32 Å². The number of amides is 1. The Morgan fingerprint density at radius 3 is 1.22 bits per heavy atom. The van der Waals surface area contributed by atoms with Gasteiger partial charge in [-0.2, -0.15) is 0 Å². The number of carbonyl (C=O) groups excluding carboxylic acids is 2. The first-order valence-electron chi connectivity index (χ1n) is 26.6. The Bertz CT molecular complexity index is 935. The molecule has 6 heteroatoms. The molecular weight excluding hydrogens is 743 g/mol. The van der Waals surface area contributed by atoms with Crippen LogP contribution in [0.2, 0.25) is 0 Å². The van der Waals surface area contributed by atoms with E-state index < -0.39 is 12.1 Å². The van der Waals surface area contributed by atoms with E-state index in [4.69, 9.17) is 4.74 Å². The minimum Gasteiger partial charge on any atom is -0.466 e. The summed E-state index contributed by atoms with van der Waals surface area (Å²) in [4.78, 5) is 24.4. The summed E-state index contributed by atoms with van der Waals surface area (Å²) < 4.78 is 5.43. The fourth-order valence-electron chi connectivity index (χ4n) is 8.11. The highest BCUT2D eigenvalue weighted by atomic mass is 16.5. The molecule has 0 aromatic carbocycles. The first-order valence-corrected chi connectivity index (χ1v) is 26.6. The lowest BCUT2D eigenvalue weighted by Crippen LogP contribution is -2.45. The zero-order chi connectivity index (χ0) is 43.7. The zero-order valence-corrected chi connectivity index (χ0v) is 40.2. The summed E-state index contributed by atoms with van der Waals surface area (Å²) in [5.41, 5.74) is 0. The number of rotatable bonds is 49. The molecule has 0 aromatic heterocycles. The summed E-state index contributed by atoms with van der Waals surface area (Å²) in [6.45, 7) is 4.82. The van der Waals surface area contributed by atoms with E-state index in [0.29, 0.717) is 19.4 Å². The molecule has 1 amide bonds. The SMILES string of the molecule is CCCCCCCCCCCCCCCCCCCCCC/C=C/C(O)C(CO)NC(=O)CCC/C=C\CCCCCCOC(=O)CCCCCCCCCCCCCC. The molecule has 0 spiro atoms. The van der Waals surface area contributed by atoms with Crippen LogP contribution in [0.5, 0.6) is 0 Å². The summed E-state index contributed by atoms with van der Waals surface area (Å²) in [6.07, 6.45) is 59.1. The molecule has 0 rings (SSSR count). The van der Waals surface area contributed by atoms with Crippen LogP contribution in [0.1, 0.15) is 284 Å². The van der Waals surface area contributed by atoms with Crippen molar-refractivity contribution in [3.8, 4) is 0 Å². The Hall–Kier alpha value is -1.66. The van der Waals surface area contributed by atoms with E-state index in [1.807, 2.05) is 6.08 Å². The lowest BCUT2D eigenvalue weighted by molar-refractivity contribution is -0.143. The summed E-state index contributed by atoms with van der Waals surface area (Å²) in [6, 6.07) is -0.665. The van der Waals surface area contributed by atoms with E-state index in [2.05, 4.69) is 31.3 Å². The van der Waals surface area contributed by atoms with Crippen molar-refractivity contribution in [2.45, 2.75) is 296 Å². The number of nitrogens with one attached hydrogen (secondary N) is 1. The van der Waals surface area contributed by atoms with Crippen molar-refractivity contribution in [1.29, 1.82) is 0 Å². The molecule has 0 aliphatic rings. The predicted molar refractivity (Wildman–Crippen MR) is 260 cm³/mol. The summed E-state index contributed by atoms with van der Waals surface area (Å²) in [5.74, 6) is -0.163. The van der Waals surface area contributed by atoms with Crippen LogP contribution in [0, 0.1) is 0 Å². The fraction of sp³-hybridized carbons (Fsp3) is 0.889. The predicted octanol–water partition coefficient (Wildman–Crippen LogP) is 15.9. The Morgan fingerprint density at radius 1 is 0.450 bits per heavy atom. The Kier molecular flexibility index (Phi) is 48.6. The highest BCUT2D eigenvalue weighted by Gasteiger charge is 2.17. The third kappa shape index (κ3) is 45.9. The highest BCUT2D eigenvalue weighted by Crippen LogP contribution is 2.16. The number of aliphatic hydroxyl groups is 2. The van der Waals surface area contributed by atoms with Gasteiger partial charge in [0.1, 0.15) is 0 Å². The van der Waals surface area contributed by atoms with Gasteiger partial charge in [0.25, 0.3) is 0 Å². The maximum Gasteiger partial charge on any atom is 0.305 e. The monoisotopic (exact) mass is 846 g/mol. The maximum atomic E-state index is 12.4. The average Bonchev–Trinajstić information content (AvgIpc) is 3.25. The number of hydrogen-bond donors (Lipinski definition) is 3. The van der Waals surface area contributed by atoms with Gasteiger partial charge in [-0.25, -0.2) is 0 Å². The first kappa shape index (κ1) is 58.3. The standard InChI is InChI=1S/C54H103NO5/c1-3-5-7-9-11-13-15-17-18-19-20-21-22-23-24-25-26-27-30-34-38-42-46-52(57)51(50-56)55-53(58)47-43-39-35-31-29-33-37-41-45-49-60-54(59)48-44-40-36-32-28-16-14-12-10-8-6-4-2/h31,35,42,46,51-52,56-57H,3-30,32-34,36-41,43-45,47-50H2,1-2H3,(H,55,58)/b35-31-,46-42+. The van der Waals surface area contributed by atoms with Crippen molar-refractivity contribution < 1.29 is 24.5 Å². The number of ether oxygens (including phenoxy) is 1. The minimum atomic E-state index is -0.875. The van der Waals surface area contributed by atoms with Gasteiger partial charge in [-0.05, 0) is 51.4 Å². The van der Waals surface area contributed by atoms with Crippen molar-refractivity contribution in [2.24, 2.45) is 0 Å². The largest absolute Gasteiger partial charge is 0.466 e. The van der Waals surface area contributed by atoms with Crippen LogP contribution in [0.25, 0.3) is 0 Å². The van der Waals surface area contributed by atoms with E-state index >= 15 is 0 Å². The quantitative estimate of drug-likeness (QED) is 0.0322. The van der Waals surface area contributed by atoms with E-state index in [0.717, 1.165) is 70.6 Å². The molecule has 60 heavy (non-hydrogen) atoms. The second-order valence-corrected chi connectivity index (χ2v) is 18.2. The van der Waals surface area contributed by atoms with Gasteiger partial charge in [0.2, 0.25) is 5.91 Å². The Labute approximate surface area is 373 Å². The van der Waals surface area contributed by atoms with E-state index in [1.54, 1.807) is 6.08 Å². The van der Waals surface area contributed by atoms with Crippen LogP contribution in [0.4, 0.5) is 0 Å². The summed E-state index contributed by atoms with van der Waals surface area (Å²) in [5, 5.41) is 23.1. The van der Waals surface area contributed by atoms with Crippen LogP contribution in [0.3, 0.4) is 0 Å². The first-order chi connectivity index (χ1) is 29.5. The lowest BCUT2D eigenvalue weighted by atomic mass is 10.0. The second kappa shape index (κ2) is 50.0. The van der Waals surface area contributed by atoms with Crippen molar-refractivity contribution in [3.63, 3.8) is 0 Å². The van der Waals surface area contributed by atoms with E-state index in [9.17, 15) is 19.8 Å². The van der Waals surface area contributed by atoms with Crippen molar-refractivity contribution in [2.75, 3.05) is 13.2 Å². The second-order valence-electron chi connectivity index (χ2n) is 18.2. The normalized spacial score (nSPS) is 12.8. The molecule has 0 bridgehead atoms. The number of unbranched alkanes of at least 4 members (excludes halogenated alkanes) is 36. The number of esters is 1. The molecule has 2 atom stereocenters. The molecule has 354 valence electrons. The van der Waals surface area contributed by atoms with Gasteiger partial charge in [-0.3, -0.25) is 9.59 Å². The lowest BCUT2D eigenvalue weighted by Gasteiger charge is -2.19. The molecule has 0 aliphatic carbocycles. The molecule has 0 fully saturated rings. The van der Waals surface area contributed by atoms with Gasteiger partial charge in [-0.15, -0.1) is 0 Å². The van der Waals surface area contributed by atoms with Crippen molar-refractivity contribution >= 4 is 11.9 Å². The summed E-state index contributed by atoms with van der Waals surface area (Å²) >= 11 is 0. The van der Waals surface area contributed by atoms with Crippen molar-refractivity contribution in [3.05, 3.63) is 24.3 Å². The van der Waals surface area contributed by atoms with E-state index in [-0.39, 0.29) is 18.5 Å². The average molecular weight is 846 g/mol. The fourth-order valence-corrected chi connectivity index (χ4v) is 8.11. The Balaban J connectivity index is 3.57. The molecule has 2 unspecified atom stereocenters. The number of aliphatic hydroxyl groups excluding tert-OH is 2. The number of hydrogen-bond acceptors (Lipinski definition) is 5. The van der Waals surface area contributed by atoms with Gasteiger partial charge < -0.3 is 20.3 Å². The van der Waals surface area contributed by atoms with Gasteiger partial charge >= 0.3 is 5.97 Å². The summed E-state index contributed by atoms with van der Waals surface area (Å²) in [7, 11) is 0. The molecule has 0 aromatic rings. The minimum absolute atomic E-state index is 0.0370. The van der Waals surface area contributed by atoms with Crippen LogP contribution < -0.4 is 5.32 Å². The smallest absolute Gasteiger partial charge is 0.305 e. The van der Waals surface area contributed by atoms with Crippen LogP contribution in [-0.2, 0) is 14.3 Å². The molecule has 0 aliphatic heterocycles. The third-order valence-electron chi connectivity index (χ3n) is 12.2. The van der Waals surface area contributed by atoms with Crippen LogP contribution >= 0.6 is 0 Å². The van der Waals surface area contributed by atoms with Gasteiger partial charge in [0.15, 0.2) is 0 Å². The van der Waals surface area contributed by atoms with Gasteiger partial charge in [0, 0.05) is 12.8 Å². The number of allylic oxidation sites excluding steroid dienone is 3. The zero-order valence-electron chi connectivity index (χ0n) is 40.2. The number of carbonyl (C=O) groups is 2. The molecular formula is C54H103NO5. The Morgan fingerprint density at radius 2 is 0.800 bits per heavy atom. The topological polar surface area (TPSA) is 95.9 Å². The molecule has 0 heterocycles. The molecule has 0 saturated carbocycles. The van der Waals surface area contributed by atoms with Crippen LogP contribution in [0.15, 0.2) is 24.3 Å².